The van der Waals surface area contributed by atoms with Crippen molar-refractivity contribution in [2.45, 2.75) is 25.4 Å². The number of ether oxygens (including phenoxy) is 1. The molecule has 0 bridgehead atoms. The van der Waals surface area contributed by atoms with Crippen molar-refractivity contribution < 1.29 is 14.3 Å². The highest BCUT2D eigenvalue weighted by atomic mass is 16.5. The zero-order valence-electron chi connectivity index (χ0n) is 12.2. The molecule has 7 nitrogen and oxygen atoms in total. The molecule has 2 unspecified atom stereocenters. The van der Waals surface area contributed by atoms with E-state index < -0.39 is 6.09 Å². The fourth-order valence-corrected chi connectivity index (χ4v) is 2.79. The maximum Gasteiger partial charge on any atom is 0.407 e. The van der Waals surface area contributed by atoms with Crippen LogP contribution in [0.25, 0.3) is 0 Å². The van der Waals surface area contributed by atoms with E-state index in [0.717, 1.165) is 32.6 Å². The molecule has 0 aromatic carbocycles. The average Bonchev–Trinajstić information content (AvgIpc) is 2.95. The van der Waals surface area contributed by atoms with Crippen molar-refractivity contribution in [2.24, 2.45) is 0 Å². The molecule has 2 amide bonds. The zero-order valence-corrected chi connectivity index (χ0v) is 12.2. The van der Waals surface area contributed by atoms with Crippen LogP contribution in [0.5, 0.6) is 0 Å². The third-order valence-electron chi connectivity index (χ3n) is 4.06. The Morgan fingerprint density at radius 3 is 2.65 bits per heavy atom. The molecule has 0 spiro atoms. The van der Waals surface area contributed by atoms with E-state index in [-0.39, 0.29) is 18.0 Å². The summed E-state index contributed by atoms with van der Waals surface area (Å²) in [7, 11) is 1.35. The van der Waals surface area contributed by atoms with Gasteiger partial charge in [0.2, 0.25) is 5.91 Å². The lowest BCUT2D eigenvalue weighted by Crippen LogP contribution is -2.53. The molecule has 0 aliphatic carbocycles. The number of carbonyl (C=O) groups excluding carboxylic acids is 2. The van der Waals surface area contributed by atoms with Crippen LogP contribution in [-0.2, 0) is 9.53 Å². The molecule has 2 heterocycles. The van der Waals surface area contributed by atoms with Crippen molar-refractivity contribution >= 4 is 12.0 Å². The van der Waals surface area contributed by atoms with E-state index in [9.17, 15) is 9.59 Å². The van der Waals surface area contributed by atoms with E-state index in [0.29, 0.717) is 13.1 Å². The van der Waals surface area contributed by atoms with E-state index in [4.69, 9.17) is 0 Å². The van der Waals surface area contributed by atoms with E-state index in [1.807, 2.05) is 11.8 Å². The van der Waals surface area contributed by atoms with Crippen LogP contribution in [0.15, 0.2) is 0 Å². The van der Waals surface area contributed by atoms with Crippen LogP contribution in [0.1, 0.15) is 13.3 Å². The van der Waals surface area contributed by atoms with E-state index >= 15 is 0 Å². The van der Waals surface area contributed by atoms with Crippen molar-refractivity contribution in [3.8, 4) is 0 Å². The number of piperazine rings is 1. The standard InChI is InChI=1S/C13H24N4O3/c1-10(16-7-4-14-5-8-16)12(18)17-6-3-11(9-17)15-13(19)20-2/h10-11,14H,3-9H2,1-2H3,(H,15,19). The summed E-state index contributed by atoms with van der Waals surface area (Å²) >= 11 is 0. The molecule has 0 saturated carbocycles. The SMILES string of the molecule is COC(=O)NC1CCN(C(=O)C(C)N2CCNCC2)C1. The number of carbonyl (C=O) groups is 2. The molecular formula is C13H24N4O3. The van der Waals surface area contributed by atoms with Crippen molar-refractivity contribution in [1.82, 2.24) is 20.4 Å². The molecule has 2 fully saturated rings. The lowest BCUT2D eigenvalue weighted by Gasteiger charge is -2.34. The van der Waals surface area contributed by atoms with Gasteiger partial charge in [-0.1, -0.05) is 0 Å². The molecule has 2 aliphatic heterocycles. The second-order valence-electron chi connectivity index (χ2n) is 5.37. The summed E-state index contributed by atoms with van der Waals surface area (Å²) in [6.45, 7) is 6.92. The van der Waals surface area contributed by atoms with Crippen molar-refractivity contribution in [3.63, 3.8) is 0 Å². The quantitative estimate of drug-likeness (QED) is 0.712. The Morgan fingerprint density at radius 1 is 1.30 bits per heavy atom. The summed E-state index contributed by atoms with van der Waals surface area (Å²) in [5.74, 6) is 0.154. The Bertz CT molecular complexity index is 358. The zero-order chi connectivity index (χ0) is 14.5. The number of nitrogens with zero attached hydrogens (tertiary/aromatic N) is 2. The summed E-state index contributed by atoms with van der Waals surface area (Å²) in [4.78, 5) is 27.7. The fourth-order valence-electron chi connectivity index (χ4n) is 2.79. The fraction of sp³-hybridized carbons (Fsp3) is 0.846. The van der Waals surface area contributed by atoms with Gasteiger partial charge in [-0.3, -0.25) is 9.69 Å². The number of rotatable bonds is 3. The van der Waals surface area contributed by atoms with Gasteiger partial charge in [0.1, 0.15) is 0 Å². The average molecular weight is 284 g/mol. The summed E-state index contributed by atoms with van der Waals surface area (Å²) in [5, 5.41) is 6.04. The second-order valence-corrected chi connectivity index (χ2v) is 5.37. The highest BCUT2D eigenvalue weighted by Gasteiger charge is 2.32. The van der Waals surface area contributed by atoms with Gasteiger partial charge in [-0.05, 0) is 13.3 Å². The van der Waals surface area contributed by atoms with Gasteiger partial charge >= 0.3 is 6.09 Å². The maximum atomic E-state index is 12.5. The number of nitrogens with one attached hydrogen (secondary N) is 2. The molecule has 20 heavy (non-hydrogen) atoms. The summed E-state index contributed by atoms with van der Waals surface area (Å²) in [5.41, 5.74) is 0. The van der Waals surface area contributed by atoms with Gasteiger partial charge in [-0.15, -0.1) is 0 Å². The molecular weight excluding hydrogens is 260 g/mol. The van der Waals surface area contributed by atoms with Gasteiger partial charge in [0.15, 0.2) is 0 Å². The molecule has 114 valence electrons. The summed E-state index contributed by atoms with van der Waals surface area (Å²) in [6.07, 6.45) is 0.356. The third kappa shape index (κ3) is 3.61. The minimum absolute atomic E-state index is 0.00150. The van der Waals surface area contributed by atoms with Crippen molar-refractivity contribution in [1.29, 1.82) is 0 Å². The van der Waals surface area contributed by atoms with Crippen molar-refractivity contribution in [2.75, 3.05) is 46.4 Å². The lowest BCUT2D eigenvalue weighted by molar-refractivity contribution is -0.135. The first-order valence-corrected chi connectivity index (χ1v) is 7.20. The molecule has 2 N–H and O–H groups in total. The third-order valence-corrected chi connectivity index (χ3v) is 4.06. The van der Waals surface area contributed by atoms with Gasteiger partial charge in [-0.2, -0.15) is 0 Å². The Kier molecular flexibility index (Phi) is 5.19. The predicted octanol–water partition coefficient (Wildman–Crippen LogP) is -0.763. The second kappa shape index (κ2) is 6.90. The number of likely N-dealkylation sites (tertiary alicyclic amines) is 1. The van der Waals surface area contributed by atoms with Crippen LogP contribution in [0, 0.1) is 0 Å². The molecule has 2 saturated heterocycles. The summed E-state index contributed by atoms with van der Waals surface area (Å²) in [6, 6.07) is -0.0874. The van der Waals surface area contributed by atoms with Crippen LogP contribution in [0.2, 0.25) is 0 Å². The lowest BCUT2D eigenvalue weighted by atomic mass is 10.2. The topological polar surface area (TPSA) is 73.9 Å². The van der Waals surface area contributed by atoms with Crippen molar-refractivity contribution in [3.05, 3.63) is 0 Å². The monoisotopic (exact) mass is 284 g/mol. The normalized spacial score (nSPS) is 25.3. The first kappa shape index (κ1) is 15.1. The molecule has 7 heteroatoms. The highest BCUT2D eigenvalue weighted by molar-refractivity contribution is 5.82. The molecule has 0 radical (unpaired) electrons. The van der Waals surface area contributed by atoms with Crippen LogP contribution in [0.4, 0.5) is 4.79 Å². The number of amides is 2. The Labute approximate surface area is 119 Å². The number of alkyl carbamates (subject to hydrolysis) is 1. The van der Waals surface area contributed by atoms with Crippen LogP contribution < -0.4 is 10.6 Å². The predicted molar refractivity (Wildman–Crippen MR) is 74.4 cm³/mol. The Balaban J connectivity index is 1.82. The van der Waals surface area contributed by atoms with E-state index in [2.05, 4.69) is 20.3 Å². The summed E-state index contributed by atoms with van der Waals surface area (Å²) < 4.78 is 4.58. The van der Waals surface area contributed by atoms with Gasteiger partial charge < -0.3 is 20.3 Å². The largest absolute Gasteiger partial charge is 0.453 e. The van der Waals surface area contributed by atoms with Crippen LogP contribution in [-0.4, -0.2) is 80.3 Å². The molecule has 0 aromatic heterocycles. The molecule has 2 atom stereocenters. The first-order valence-electron chi connectivity index (χ1n) is 7.20. The Morgan fingerprint density at radius 2 is 2.00 bits per heavy atom. The smallest absolute Gasteiger partial charge is 0.407 e. The van der Waals surface area contributed by atoms with Gasteiger partial charge in [0, 0.05) is 39.3 Å². The molecule has 0 aromatic rings. The van der Waals surface area contributed by atoms with Crippen LogP contribution in [0.3, 0.4) is 0 Å². The number of methoxy groups -OCH3 is 1. The van der Waals surface area contributed by atoms with E-state index in [1.54, 1.807) is 0 Å². The number of hydrogen-bond acceptors (Lipinski definition) is 5. The van der Waals surface area contributed by atoms with Gasteiger partial charge in [0.25, 0.3) is 0 Å². The highest BCUT2D eigenvalue weighted by Crippen LogP contribution is 2.13. The van der Waals surface area contributed by atoms with Crippen LogP contribution >= 0.6 is 0 Å². The van der Waals surface area contributed by atoms with Gasteiger partial charge in [-0.25, -0.2) is 4.79 Å². The minimum Gasteiger partial charge on any atom is -0.453 e. The molecule has 2 rings (SSSR count). The van der Waals surface area contributed by atoms with E-state index in [1.165, 1.54) is 7.11 Å². The van der Waals surface area contributed by atoms with Gasteiger partial charge in [0.05, 0.1) is 19.2 Å². The Hall–Kier alpha value is -1.34. The minimum atomic E-state index is -0.431. The number of hydrogen-bond donors (Lipinski definition) is 2. The maximum absolute atomic E-state index is 12.5. The first-order chi connectivity index (χ1) is 9.61. The molecule has 2 aliphatic rings.